The molecule has 0 saturated carbocycles. The summed E-state index contributed by atoms with van der Waals surface area (Å²) in [4.78, 5) is 73.5. The molecule has 366 valence electrons. The summed E-state index contributed by atoms with van der Waals surface area (Å²) in [6.07, 6.45) is -5.02. The van der Waals surface area contributed by atoms with Crippen molar-refractivity contribution in [2.45, 2.75) is 62.3 Å². The van der Waals surface area contributed by atoms with Crippen molar-refractivity contribution in [1.82, 2.24) is 40.4 Å². The number of halogens is 3. The maximum Gasteiger partial charge on any atom is 0.407 e. The van der Waals surface area contributed by atoms with Gasteiger partial charge in [-0.3, -0.25) is 9.59 Å². The number of thioether (sulfide) groups is 1. The number of carbonyl (C=O) groups is 4. The van der Waals surface area contributed by atoms with Gasteiger partial charge in [0, 0.05) is 42.1 Å². The Morgan fingerprint density at radius 1 is 0.729 bits per heavy atom. The molecule has 4 amide bonds. The molecule has 2 aromatic heterocycles. The first-order valence-electron chi connectivity index (χ1n) is 23.0. The fourth-order valence-electron chi connectivity index (χ4n) is 9.89. The average molecular weight is 979 g/mol. The van der Waals surface area contributed by atoms with E-state index in [4.69, 9.17) is 24.2 Å². The Labute approximate surface area is 405 Å². The number of amides is 4. The molecule has 7 aromatic rings. The summed E-state index contributed by atoms with van der Waals surface area (Å²) >= 11 is 0.761. The molecule has 15 nitrogen and oxygen atoms in total. The number of alkyl halides is 3. The van der Waals surface area contributed by atoms with Crippen molar-refractivity contribution in [3.8, 4) is 11.1 Å². The summed E-state index contributed by atoms with van der Waals surface area (Å²) in [5.74, 6) is -0.964. The van der Waals surface area contributed by atoms with E-state index in [1.165, 1.54) is 19.1 Å². The van der Waals surface area contributed by atoms with Crippen molar-refractivity contribution in [3.63, 3.8) is 0 Å². The minimum absolute atomic E-state index is 0.0369. The number of alkyl carbamates (subject to hydrolysis) is 2. The molecule has 2 aliphatic rings. The highest BCUT2D eigenvalue weighted by molar-refractivity contribution is 8.00. The summed E-state index contributed by atoms with van der Waals surface area (Å²) in [5.41, 5.74) is 5.50. The lowest BCUT2D eigenvalue weighted by molar-refractivity contribution is -0.136. The number of hydrogen-bond donors (Lipinski definition) is 4. The number of aromatic nitrogens is 4. The fraction of sp³-hybridized carbons (Fsp3) is 0.373. The quantitative estimate of drug-likeness (QED) is 0.0869. The Kier molecular flexibility index (Phi) is 13.7. The van der Waals surface area contributed by atoms with Crippen LogP contribution in [0.25, 0.3) is 54.7 Å². The highest BCUT2D eigenvalue weighted by Gasteiger charge is 2.44. The van der Waals surface area contributed by atoms with Crippen LogP contribution in [-0.4, -0.2) is 118 Å². The number of nitrogens with zero attached hydrogens (tertiary/aromatic N) is 4. The molecule has 0 spiro atoms. The molecule has 2 saturated heterocycles. The molecule has 4 N–H and O–H groups in total. The Balaban J connectivity index is 0.996. The van der Waals surface area contributed by atoms with Gasteiger partial charge in [-0.1, -0.05) is 80.6 Å². The first kappa shape index (κ1) is 48.2. The fourth-order valence-corrected chi connectivity index (χ4v) is 10.9. The highest BCUT2D eigenvalue weighted by Crippen LogP contribution is 2.42. The van der Waals surface area contributed by atoms with E-state index in [1.807, 2.05) is 66.7 Å². The Morgan fingerprint density at radius 2 is 1.29 bits per heavy atom. The molecule has 4 heterocycles. The third kappa shape index (κ3) is 9.81. The first-order chi connectivity index (χ1) is 33.6. The van der Waals surface area contributed by atoms with E-state index in [2.05, 4.69) is 32.7 Å². The number of rotatable bonds is 13. The van der Waals surface area contributed by atoms with E-state index in [9.17, 15) is 32.3 Å². The number of carbonyl (C=O) groups excluding carboxylic acids is 4. The molecular formula is C51H53F3N8O7S. The molecule has 5 aromatic carbocycles. The lowest BCUT2D eigenvalue weighted by Crippen LogP contribution is -2.51. The molecule has 19 heteroatoms. The van der Waals surface area contributed by atoms with Gasteiger partial charge >= 0.3 is 18.4 Å². The number of imidazole rings is 2. The number of ether oxygens (including phenoxy) is 3. The average Bonchev–Trinajstić information content (AvgIpc) is 4.18. The van der Waals surface area contributed by atoms with E-state index >= 15 is 0 Å². The van der Waals surface area contributed by atoms with Gasteiger partial charge in [0.15, 0.2) is 0 Å². The van der Waals surface area contributed by atoms with Crippen LogP contribution >= 0.6 is 11.8 Å². The van der Waals surface area contributed by atoms with E-state index < -0.39 is 59.4 Å². The topological polar surface area (TPSA) is 184 Å². The number of hydrogen-bond acceptors (Lipinski definition) is 10. The van der Waals surface area contributed by atoms with Gasteiger partial charge in [0.1, 0.15) is 23.7 Å². The van der Waals surface area contributed by atoms with E-state index in [1.54, 1.807) is 38.0 Å². The zero-order valence-electron chi connectivity index (χ0n) is 39.1. The number of fused-ring (bicyclic) bond motifs is 6. The van der Waals surface area contributed by atoms with Gasteiger partial charge in [0.25, 0.3) is 5.91 Å². The standard InChI is InChI=1S/C51H53F3N8O7S/c1-27(2)41(59-49(65)68-4)47(63)62-24-34(70-26-51(52,53)54)22-40(62)46-56-38-18-14-33-21-31(12-16-36(33)44(38)58-46)30-11-15-35-32(20-30)13-17-37-43(35)57-45(55-37)39-19-28(25-67-3)23-61(39)48(64)42(60-50(66)69-5)29-9-7-6-8-10-29/h6-18,20-21,27-28,34,39-42H,19,22-26H2,1-5H3,(H,55,57)(H,56,58)(H,59,65)(H,60,66)/t28-,34-,39-,40-,41-,42+/m0/s1. The molecule has 2 aliphatic heterocycles. The van der Waals surface area contributed by atoms with Crippen LogP contribution in [0.3, 0.4) is 0 Å². The van der Waals surface area contributed by atoms with Crippen LogP contribution in [0.4, 0.5) is 22.8 Å². The van der Waals surface area contributed by atoms with E-state index in [0.29, 0.717) is 47.8 Å². The SMILES string of the molecule is COC[C@H]1C[C@@H](c2nc3c(ccc4cc(-c5ccc6c(ccc7[nH]c([C@@H]8C[C@H](SCC(F)(F)F)CN8C(=O)[C@@H](NC(=O)OC)C(C)C)nc76)c5)ccc43)[nH]2)N(C(=O)[C@H](NC(=O)OC)c2ccccc2)C1. The van der Waals surface area contributed by atoms with E-state index in [-0.39, 0.29) is 30.7 Å². The third-order valence-corrected chi connectivity index (χ3v) is 14.6. The molecule has 0 aliphatic carbocycles. The second-order valence-electron chi connectivity index (χ2n) is 18.2. The minimum atomic E-state index is -4.37. The van der Waals surface area contributed by atoms with Gasteiger partial charge in [0.05, 0.1) is 60.7 Å². The second kappa shape index (κ2) is 19.9. The summed E-state index contributed by atoms with van der Waals surface area (Å²) in [6, 6.07) is 26.2. The lowest BCUT2D eigenvalue weighted by atomic mass is 9.98. The molecular weight excluding hydrogens is 926 g/mol. The number of H-pyrrole nitrogens is 2. The number of aromatic amines is 2. The molecule has 0 bridgehead atoms. The molecule has 0 unspecified atom stereocenters. The maximum absolute atomic E-state index is 14.4. The van der Waals surface area contributed by atoms with Crippen molar-refractivity contribution in [2.24, 2.45) is 11.8 Å². The lowest BCUT2D eigenvalue weighted by Gasteiger charge is -2.30. The predicted octanol–water partition coefficient (Wildman–Crippen LogP) is 9.36. The first-order valence-corrected chi connectivity index (χ1v) is 24.0. The van der Waals surface area contributed by atoms with Crippen LogP contribution in [0.1, 0.15) is 62.0 Å². The van der Waals surface area contributed by atoms with Crippen molar-refractivity contribution < 1.29 is 46.6 Å². The van der Waals surface area contributed by atoms with Gasteiger partial charge in [-0.05, 0) is 70.5 Å². The van der Waals surface area contributed by atoms with Crippen molar-refractivity contribution in [3.05, 3.63) is 108 Å². The Bertz CT molecular complexity index is 3090. The normalized spacial score (nSPS) is 19.3. The van der Waals surface area contributed by atoms with Gasteiger partial charge in [-0.15, -0.1) is 11.8 Å². The second-order valence-corrected chi connectivity index (χ2v) is 19.5. The summed E-state index contributed by atoms with van der Waals surface area (Å²) in [7, 11) is 4.10. The van der Waals surface area contributed by atoms with Crippen LogP contribution < -0.4 is 10.6 Å². The van der Waals surface area contributed by atoms with Crippen LogP contribution in [0.15, 0.2) is 91.0 Å². The summed E-state index contributed by atoms with van der Waals surface area (Å²) < 4.78 is 55.2. The summed E-state index contributed by atoms with van der Waals surface area (Å²) in [6.45, 7) is 4.47. The van der Waals surface area contributed by atoms with Crippen molar-refractivity contribution >= 4 is 79.4 Å². The smallest absolute Gasteiger partial charge is 0.407 e. The molecule has 9 rings (SSSR count). The Hall–Kier alpha value is -6.86. The highest BCUT2D eigenvalue weighted by atomic mass is 32.2. The number of methoxy groups -OCH3 is 3. The van der Waals surface area contributed by atoms with Crippen LogP contribution in [-0.2, 0) is 23.8 Å². The zero-order valence-corrected chi connectivity index (χ0v) is 39.9. The maximum atomic E-state index is 14.4. The third-order valence-electron chi connectivity index (χ3n) is 13.3. The van der Waals surface area contributed by atoms with Crippen molar-refractivity contribution in [2.75, 3.05) is 46.8 Å². The van der Waals surface area contributed by atoms with Crippen LogP contribution in [0.5, 0.6) is 0 Å². The molecule has 0 radical (unpaired) electrons. The van der Waals surface area contributed by atoms with Gasteiger partial charge < -0.3 is 44.6 Å². The number of nitrogens with one attached hydrogen (secondary N) is 4. The van der Waals surface area contributed by atoms with Crippen molar-refractivity contribution in [1.29, 1.82) is 0 Å². The van der Waals surface area contributed by atoms with Gasteiger partial charge in [-0.2, -0.15) is 13.2 Å². The number of benzene rings is 5. The molecule has 70 heavy (non-hydrogen) atoms. The monoisotopic (exact) mass is 978 g/mol. The van der Waals surface area contributed by atoms with E-state index in [0.717, 1.165) is 55.5 Å². The Morgan fingerprint density at radius 3 is 1.83 bits per heavy atom. The van der Waals surface area contributed by atoms with Crippen LogP contribution in [0, 0.1) is 11.8 Å². The molecule has 6 atom stereocenters. The van der Waals surface area contributed by atoms with Crippen LogP contribution in [0.2, 0.25) is 0 Å². The predicted molar refractivity (Wildman–Crippen MR) is 261 cm³/mol. The van der Waals surface area contributed by atoms with Gasteiger partial charge in [-0.25, -0.2) is 19.6 Å². The zero-order chi connectivity index (χ0) is 49.4. The number of likely N-dealkylation sites (tertiary alicyclic amines) is 2. The minimum Gasteiger partial charge on any atom is -0.453 e. The summed E-state index contributed by atoms with van der Waals surface area (Å²) in [5, 5.41) is 8.47. The molecule has 2 fully saturated rings. The van der Waals surface area contributed by atoms with Gasteiger partial charge in [0.2, 0.25) is 5.91 Å². The largest absolute Gasteiger partial charge is 0.453 e.